The zero-order valence-electron chi connectivity index (χ0n) is 19.6. The molecule has 9 heteroatoms. The van der Waals surface area contributed by atoms with Crippen molar-refractivity contribution in [1.82, 2.24) is 14.1 Å². The fourth-order valence-corrected chi connectivity index (χ4v) is 4.46. The van der Waals surface area contributed by atoms with E-state index in [4.69, 9.17) is 9.47 Å². The summed E-state index contributed by atoms with van der Waals surface area (Å²) in [5.74, 6) is 0.788. The number of aromatic nitrogens is 3. The van der Waals surface area contributed by atoms with E-state index in [1.807, 2.05) is 32.9 Å². The van der Waals surface area contributed by atoms with E-state index in [2.05, 4.69) is 10.3 Å². The van der Waals surface area contributed by atoms with Gasteiger partial charge in [-0.1, -0.05) is 23.8 Å². The van der Waals surface area contributed by atoms with Gasteiger partial charge in [0.25, 0.3) is 5.56 Å². The maximum Gasteiger partial charge on any atom is 0.332 e. The molecule has 0 fully saturated rings. The fraction of sp³-hybridized carbons (Fsp3) is 0.231. The largest absolute Gasteiger partial charge is 0.454 e. The van der Waals surface area contributed by atoms with Crippen molar-refractivity contribution in [2.24, 2.45) is 0 Å². The van der Waals surface area contributed by atoms with Crippen LogP contribution in [0.2, 0.25) is 0 Å². The molecule has 1 N–H and O–H groups in total. The van der Waals surface area contributed by atoms with Crippen molar-refractivity contribution in [2.45, 2.75) is 33.9 Å². The summed E-state index contributed by atoms with van der Waals surface area (Å²) in [5.41, 5.74) is 3.66. The number of hydrogen-bond acceptors (Lipinski definition) is 6. The van der Waals surface area contributed by atoms with Gasteiger partial charge in [-0.2, -0.15) is 0 Å². The van der Waals surface area contributed by atoms with Crippen molar-refractivity contribution >= 4 is 22.6 Å². The number of fused-ring (bicyclic) bond motifs is 2. The minimum absolute atomic E-state index is 0.00137. The minimum atomic E-state index is -0.597. The molecule has 0 saturated carbocycles. The highest BCUT2D eigenvalue weighted by Gasteiger charge is 2.19. The molecular weight excluding hydrogens is 448 g/mol. The first-order valence-corrected chi connectivity index (χ1v) is 11.2. The van der Waals surface area contributed by atoms with Crippen molar-refractivity contribution in [3.05, 3.63) is 91.8 Å². The molecule has 0 unspecified atom stereocenters. The molecule has 0 aliphatic carbocycles. The molecule has 0 radical (unpaired) electrons. The number of pyridine rings is 1. The Morgan fingerprint density at radius 3 is 2.51 bits per heavy atom. The average Bonchev–Trinajstić information content (AvgIpc) is 3.30. The third-order valence-corrected chi connectivity index (χ3v) is 6.01. The van der Waals surface area contributed by atoms with Crippen LogP contribution in [0.25, 0.3) is 11.0 Å². The second kappa shape index (κ2) is 8.75. The van der Waals surface area contributed by atoms with Gasteiger partial charge in [-0.3, -0.25) is 18.7 Å². The smallest absolute Gasteiger partial charge is 0.332 e. The van der Waals surface area contributed by atoms with E-state index in [0.29, 0.717) is 28.3 Å². The van der Waals surface area contributed by atoms with Crippen molar-refractivity contribution in [3.8, 4) is 11.5 Å². The summed E-state index contributed by atoms with van der Waals surface area (Å²) in [5, 5.41) is 2.92. The Morgan fingerprint density at radius 2 is 1.74 bits per heavy atom. The number of nitrogens with one attached hydrogen (secondary N) is 1. The van der Waals surface area contributed by atoms with Crippen molar-refractivity contribution < 1.29 is 14.3 Å². The van der Waals surface area contributed by atoms with Crippen LogP contribution in [0.3, 0.4) is 0 Å². The van der Waals surface area contributed by atoms with E-state index in [9.17, 15) is 14.4 Å². The maximum absolute atomic E-state index is 13.5. The molecule has 2 aromatic carbocycles. The van der Waals surface area contributed by atoms with Crippen molar-refractivity contribution in [3.63, 3.8) is 0 Å². The number of nitrogens with zero attached hydrogens (tertiary/aromatic N) is 3. The van der Waals surface area contributed by atoms with E-state index in [0.717, 1.165) is 21.3 Å². The van der Waals surface area contributed by atoms with Gasteiger partial charge < -0.3 is 14.8 Å². The number of rotatable bonds is 5. The van der Waals surface area contributed by atoms with Crippen LogP contribution in [0, 0.1) is 20.8 Å². The molecule has 1 aliphatic rings. The number of carbonyl (C=O) groups excluding carboxylic acids is 1. The van der Waals surface area contributed by atoms with Crippen LogP contribution in [0.15, 0.2) is 58.3 Å². The van der Waals surface area contributed by atoms with Crippen LogP contribution in [0.1, 0.15) is 22.3 Å². The van der Waals surface area contributed by atoms with E-state index in [-0.39, 0.29) is 31.3 Å². The number of hydrogen-bond donors (Lipinski definition) is 1. The summed E-state index contributed by atoms with van der Waals surface area (Å²) in [7, 11) is 0. The molecular formula is C26H24N4O5. The van der Waals surface area contributed by atoms with Crippen LogP contribution >= 0.6 is 0 Å². The molecule has 0 atom stereocenters. The van der Waals surface area contributed by atoms with Crippen molar-refractivity contribution in [2.75, 3.05) is 12.1 Å². The van der Waals surface area contributed by atoms with E-state index in [1.165, 1.54) is 10.8 Å². The molecule has 1 amide bonds. The molecule has 1 aliphatic heterocycles. The molecule has 0 saturated heterocycles. The third-order valence-electron chi connectivity index (χ3n) is 6.01. The maximum atomic E-state index is 13.5. The summed E-state index contributed by atoms with van der Waals surface area (Å²) in [6, 6.07) is 12.5. The lowest BCUT2D eigenvalue weighted by molar-refractivity contribution is -0.116. The summed E-state index contributed by atoms with van der Waals surface area (Å²) in [4.78, 5) is 43.9. The second-order valence-electron chi connectivity index (χ2n) is 8.64. The lowest BCUT2D eigenvalue weighted by Crippen LogP contribution is -2.42. The molecule has 0 bridgehead atoms. The Balaban J connectivity index is 1.53. The lowest BCUT2D eigenvalue weighted by Gasteiger charge is -2.16. The van der Waals surface area contributed by atoms with Gasteiger partial charge in [-0.15, -0.1) is 0 Å². The zero-order valence-corrected chi connectivity index (χ0v) is 19.6. The highest BCUT2D eigenvalue weighted by atomic mass is 16.7. The first kappa shape index (κ1) is 22.4. The first-order valence-electron chi connectivity index (χ1n) is 11.2. The predicted octanol–water partition coefficient (Wildman–Crippen LogP) is 2.90. The molecule has 9 nitrogen and oxygen atoms in total. The average molecular weight is 473 g/mol. The quantitative estimate of drug-likeness (QED) is 0.479. The Morgan fingerprint density at radius 1 is 1.00 bits per heavy atom. The van der Waals surface area contributed by atoms with Gasteiger partial charge in [-0.25, -0.2) is 9.78 Å². The normalized spacial score (nSPS) is 12.2. The van der Waals surface area contributed by atoms with Crippen LogP contribution in [-0.2, 0) is 17.9 Å². The van der Waals surface area contributed by atoms with Crippen molar-refractivity contribution in [1.29, 1.82) is 0 Å². The van der Waals surface area contributed by atoms with Gasteiger partial charge >= 0.3 is 5.69 Å². The zero-order chi connectivity index (χ0) is 24.7. The Bertz CT molecular complexity index is 1580. The molecule has 178 valence electrons. The number of ether oxygens (including phenoxy) is 2. The Hall–Kier alpha value is -4.40. The summed E-state index contributed by atoms with van der Waals surface area (Å²) >= 11 is 0. The lowest BCUT2D eigenvalue weighted by atomic mass is 10.1. The predicted molar refractivity (Wildman–Crippen MR) is 131 cm³/mol. The van der Waals surface area contributed by atoms with Gasteiger partial charge in [-0.05, 0) is 61.7 Å². The second-order valence-corrected chi connectivity index (χ2v) is 8.64. The van der Waals surface area contributed by atoms with Crippen LogP contribution in [-0.4, -0.2) is 26.8 Å². The van der Waals surface area contributed by atoms with Gasteiger partial charge in [0.2, 0.25) is 12.7 Å². The molecule has 5 rings (SSSR count). The molecule has 35 heavy (non-hydrogen) atoms. The van der Waals surface area contributed by atoms with E-state index in [1.54, 1.807) is 30.3 Å². The van der Waals surface area contributed by atoms with Gasteiger partial charge in [0.1, 0.15) is 6.54 Å². The standard InChI is InChI=1S/C26H24N4O5/c1-15-9-16(2)23(17(3)10-15)28-22(31)13-29-19-5-4-8-27-24(19)25(32)30(26(29)33)12-18-6-7-20-21(11-18)35-14-34-20/h4-11H,12-14H2,1-3H3,(H,28,31). The Kier molecular flexibility index (Phi) is 5.60. The molecule has 4 aromatic rings. The number of aryl methyl sites for hydroxylation is 3. The summed E-state index contributed by atoms with van der Waals surface area (Å²) in [6.07, 6.45) is 1.49. The Labute approximate surface area is 200 Å². The number of anilines is 1. The van der Waals surface area contributed by atoms with Gasteiger partial charge in [0.15, 0.2) is 17.0 Å². The number of carbonyl (C=O) groups is 1. The minimum Gasteiger partial charge on any atom is -0.454 e. The monoisotopic (exact) mass is 472 g/mol. The van der Waals surface area contributed by atoms with Crippen LogP contribution in [0.5, 0.6) is 11.5 Å². The summed E-state index contributed by atoms with van der Waals surface area (Å²) in [6.45, 7) is 5.70. The van der Waals surface area contributed by atoms with Gasteiger partial charge in [0, 0.05) is 11.9 Å². The van der Waals surface area contributed by atoms with Crippen LogP contribution < -0.4 is 26.0 Å². The van der Waals surface area contributed by atoms with Gasteiger partial charge in [0.05, 0.1) is 12.1 Å². The fourth-order valence-electron chi connectivity index (χ4n) is 4.46. The van der Waals surface area contributed by atoms with E-state index >= 15 is 0 Å². The highest BCUT2D eigenvalue weighted by molar-refractivity contribution is 5.93. The third kappa shape index (κ3) is 4.16. The molecule has 2 aromatic heterocycles. The molecule has 0 spiro atoms. The topological polar surface area (TPSA) is 104 Å². The number of benzene rings is 2. The van der Waals surface area contributed by atoms with E-state index < -0.39 is 11.2 Å². The highest BCUT2D eigenvalue weighted by Crippen LogP contribution is 2.32. The number of amides is 1. The summed E-state index contributed by atoms with van der Waals surface area (Å²) < 4.78 is 13.1. The SMILES string of the molecule is Cc1cc(C)c(NC(=O)Cn2c(=O)n(Cc3ccc4c(c3)OCO4)c(=O)c3ncccc32)c(C)c1. The molecule has 3 heterocycles. The van der Waals surface area contributed by atoms with Crippen LogP contribution in [0.4, 0.5) is 5.69 Å². The first-order chi connectivity index (χ1) is 16.8.